The summed E-state index contributed by atoms with van der Waals surface area (Å²) in [6.07, 6.45) is 0.151. The first-order valence-corrected chi connectivity index (χ1v) is 6.65. The van der Waals surface area contributed by atoms with Crippen LogP contribution in [0.15, 0.2) is 48.5 Å². The van der Waals surface area contributed by atoms with E-state index in [0.29, 0.717) is 17.9 Å². The number of aromatic nitrogens is 2. The van der Waals surface area contributed by atoms with Gasteiger partial charge in [-0.05, 0) is 29.8 Å². The summed E-state index contributed by atoms with van der Waals surface area (Å²) in [5.41, 5.74) is 2.45. The van der Waals surface area contributed by atoms with Crippen LogP contribution >= 0.6 is 0 Å². The lowest BCUT2D eigenvalue weighted by molar-refractivity contribution is -0.120. The van der Waals surface area contributed by atoms with Crippen molar-refractivity contribution in [3.63, 3.8) is 0 Å². The summed E-state index contributed by atoms with van der Waals surface area (Å²) in [5.74, 6) is 0.197. The van der Waals surface area contributed by atoms with Crippen LogP contribution in [0.2, 0.25) is 0 Å². The second-order valence-corrected chi connectivity index (χ2v) is 4.78. The highest BCUT2D eigenvalue weighted by Crippen LogP contribution is 2.10. The standard InChI is InChI=1S/C16H14FN3O/c17-12-5-3-4-11(8-12)9-16(21)18-10-15-19-13-6-1-2-7-14(13)20-15/h1-8H,9-10H2,(H,18,21)(H,19,20). The molecule has 0 unspecified atom stereocenters. The van der Waals surface area contributed by atoms with Gasteiger partial charge in [-0.1, -0.05) is 24.3 Å². The average Bonchev–Trinajstić information content (AvgIpc) is 2.88. The Morgan fingerprint density at radius 2 is 2.05 bits per heavy atom. The molecule has 2 N–H and O–H groups in total. The Morgan fingerprint density at radius 1 is 1.19 bits per heavy atom. The number of benzene rings is 2. The summed E-state index contributed by atoms with van der Waals surface area (Å²) in [6.45, 7) is 0.322. The van der Waals surface area contributed by atoms with E-state index in [-0.39, 0.29) is 18.1 Å². The Hall–Kier alpha value is -2.69. The van der Waals surface area contributed by atoms with Crippen molar-refractivity contribution in [1.29, 1.82) is 0 Å². The number of imidazole rings is 1. The molecule has 3 aromatic rings. The fraction of sp³-hybridized carbons (Fsp3) is 0.125. The highest BCUT2D eigenvalue weighted by Gasteiger charge is 2.06. The second-order valence-electron chi connectivity index (χ2n) is 4.78. The summed E-state index contributed by atoms with van der Waals surface area (Å²) in [7, 11) is 0. The number of H-pyrrole nitrogens is 1. The SMILES string of the molecule is O=C(Cc1cccc(F)c1)NCc1nc2ccccc2[nH]1. The van der Waals surface area contributed by atoms with Crippen molar-refractivity contribution in [3.8, 4) is 0 Å². The van der Waals surface area contributed by atoms with E-state index in [2.05, 4.69) is 15.3 Å². The van der Waals surface area contributed by atoms with Gasteiger partial charge in [-0.3, -0.25) is 4.79 Å². The normalized spacial score (nSPS) is 10.7. The van der Waals surface area contributed by atoms with Crippen LogP contribution in [0.3, 0.4) is 0 Å². The molecule has 21 heavy (non-hydrogen) atoms. The predicted molar refractivity (Wildman–Crippen MR) is 78.0 cm³/mol. The first-order valence-electron chi connectivity index (χ1n) is 6.65. The lowest BCUT2D eigenvalue weighted by Gasteiger charge is -2.03. The Bertz CT molecular complexity index is 749. The maximum Gasteiger partial charge on any atom is 0.224 e. The molecule has 2 aromatic carbocycles. The van der Waals surface area contributed by atoms with Gasteiger partial charge in [-0.2, -0.15) is 0 Å². The number of aromatic amines is 1. The van der Waals surface area contributed by atoms with E-state index in [9.17, 15) is 9.18 Å². The molecule has 0 aliphatic rings. The van der Waals surface area contributed by atoms with E-state index in [0.717, 1.165) is 11.0 Å². The summed E-state index contributed by atoms with van der Waals surface area (Å²) in [6, 6.07) is 13.7. The number of carbonyl (C=O) groups is 1. The van der Waals surface area contributed by atoms with Crippen LogP contribution in [0.5, 0.6) is 0 Å². The molecule has 1 heterocycles. The summed E-state index contributed by atoms with van der Waals surface area (Å²) in [4.78, 5) is 19.4. The van der Waals surface area contributed by atoms with Gasteiger partial charge in [-0.25, -0.2) is 9.37 Å². The van der Waals surface area contributed by atoms with Crippen molar-refractivity contribution >= 4 is 16.9 Å². The van der Waals surface area contributed by atoms with Gasteiger partial charge in [0.25, 0.3) is 0 Å². The minimum absolute atomic E-state index is 0.151. The molecule has 0 spiro atoms. The molecule has 1 amide bonds. The third kappa shape index (κ3) is 3.25. The molecular weight excluding hydrogens is 269 g/mol. The van der Waals surface area contributed by atoms with Crippen LogP contribution in [-0.4, -0.2) is 15.9 Å². The fourth-order valence-corrected chi connectivity index (χ4v) is 2.17. The molecule has 0 saturated heterocycles. The van der Waals surface area contributed by atoms with Crippen molar-refractivity contribution in [2.45, 2.75) is 13.0 Å². The highest BCUT2D eigenvalue weighted by molar-refractivity contribution is 5.79. The number of hydrogen-bond donors (Lipinski definition) is 2. The molecule has 0 aliphatic carbocycles. The maximum atomic E-state index is 13.0. The fourth-order valence-electron chi connectivity index (χ4n) is 2.17. The molecule has 1 aromatic heterocycles. The quantitative estimate of drug-likeness (QED) is 0.773. The second kappa shape index (κ2) is 5.75. The van der Waals surface area contributed by atoms with E-state index in [4.69, 9.17) is 0 Å². The molecule has 3 rings (SSSR count). The van der Waals surface area contributed by atoms with Crippen LogP contribution in [0, 0.1) is 5.82 Å². The van der Waals surface area contributed by atoms with E-state index in [1.165, 1.54) is 12.1 Å². The third-order valence-electron chi connectivity index (χ3n) is 3.15. The monoisotopic (exact) mass is 283 g/mol. The third-order valence-corrected chi connectivity index (χ3v) is 3.15. The van der Waals surface area contributed by atoms with E-state index in [1.54, 1.807) is 12.1 Å². The smallest absolute Gasteiger partial charge is 0.224 e. The lowest BCUT2D eigenvalue weighted by Crippen LogP contribution is -2.25. The highest BCUT2D eigenvalue weighted by atomic mass is 19.1. The minimum atomic E-state index is -0.336. The molecule has 0 atom stereocenters. The van der Waals surface area contributed by atoms with Crippen LogP contribution in [-0.2, 0) is 17.8 Å². The van der Waals surface area contributed by atoms with Crippen LogP contribution in [0.4, 0.5) is 4.39 Å². The van der Waals surface area contributed by atoms with Crippen LogP contribution < -0.4 is 5.32 Å². The van der Waals surface area contributed by atoms with Crippen molar-refractivity contribution in [2.24, 2.45) is 0 Å². The predicted octanol–water partition coefficient (Wildman–Crippen LogP) is 2.56. The van der Waals surface area contributed by atoms with E-state index >= 15 is 0 Å². The number of para-hydroxylation sites is 2. The van der Waals surface area contributed by atoms with Crippen molar-refractivity contribution < 1.29 is 9.18 Å². The first kappa shape index (κ1) is 13.3. The summed E-state index contributed by atoms with van der Waals surface area (Å²) >= 11 is 0. The number of hydrogen-bond acceptors (Lipinski definition) is 2. The van der Waals surface area contributed by atoms with Crippen molar-refractivity contribution in [1.82, 2.24) is 15.3 Å². The number of rotatable bonds is 4. The van der Waals surface area contributed by atoms with Crippen LogP contribution in [0.1, 0.15) is 11.4 Å². The topological polar surface area (TPSA) is 57.8 Å². The van der Waals surface area contributed by atoms with Crippen LogP contribution in [0.25, 0.3) is 11.0 Å². The number of halogens is 1. The van der Waals surface area contributed by atoms with Gasteiger partial charge in [0.2, 0.25) is 5.91 Å². The Balaban J connectivity index is 1.60. The number of amides is 1. The molecule has 0 saturated carbocycles. The van der Waals surface area contributed by atoms with E-state index in [1.807, 2.05) is 24.3 Å². The molecule has 5 heteroatoms. The van der Waals surface area contributed by atoms with Gasteiger partial charge in [0.15, 0.2) is 0 Å². The summed E-state index contributed by atoms with van der Waals surface area (Å²) in [5, 5.41) is 2.77. The van der Waals surface area contributed by atoms with Gasteiger partial charge in [0.1, 0.15) is 11.6 Å². The molecule has 0 aliphatic heterocycles. The first-order chi connectivity index (χ1) is 10.2. The Kier molecular flexibility index (Phi) is 3.64. The molecule has 4 nitrogen and oxygen atoms in total. The van der Waals surface area contributed by atoms with Gasteiger partial charge in [0, 0.05) is 0 Å². The largest absolute Gasteiger partial charge is 0.349 e. The van der Waals surface area contributed by atoms with Gasteiger partial charge < -0.3 is 10.3 Å². The van der Waals surface area contributed by atoms with Gasteiger partial charge in [0.05, 0.1) is 24.0 Å². The molecule has 0 fully saturated rings. The maximum absolute atomic E-state index is 13.0. The van der Waals surface area contributed by atoms with Crippen molar-refractivity contribution in [2.75, 3.05) is 0 Å². The Morgan fingerprint density at radius 3 is 2.86 bits per heavy atom. The van der Waals surface area contributed by atoms with E-state index < -0.39 is 0 Å². The average molecular weight is 283 g/mol. The number of nitrogens with zero attached hydrogens (tertiary/aromatic N) is 1. The molecule has 106 valence electrons. The summed E-state index contributed by atoms with van der Waals surface area (Å²) < 4.78 is 13.0. The molecule has 0 bridgehead atoms. The van der Waals surface area contributed by atoms with Crippen molar-refractivity contribution in [3.05, 3.63) is 65.7 Å². The molecular formula is C16H14FN3O. The number of fused-ring (bicyclic) bond motifs is 1. The van der Waals surface area contributed by atoms with Gasteiger partial charge >= 0.3 is 0 Å². The minimum Gasteiger partial charge on any atom is -0.349 e. The zero-order chi connectivity index (χ0) is 14.7. The van der Waals surface area contributed by atoms with Gasteiger partial charge in [-0.15, -0.1) is 0 Å². The number of carbonyl (C=O) groups excluding carboxylic acids is 1. The zero-order valence-electron chi connectivity index (χ0n) is 11.3. The zero-order valence-corrected chi connectivity index (χ0v) is 11.3. The Labute approximate surface area is 121 Å². The molecule has 0 radical (unpaired) electrons. The number of nitrogens with one attached hydrogen (secondary N) is 2. The lowest BCUT2D eigenvalue weighted by atomic mass is 10.1.